The number of aryl methyl sites for hydroxylation is 1. The molecule has 1 amide bonds. The Morgan fingerprint density at radius 3 is 2.82 bits per heavy atom. The van der Waals surface area contributed by atoms with Gasteiger partial charge in [-0.3, -0.25) is 4.79 Å². The van der Waals surface area contributed by atoms with Crippen LogP contribution in [-0.4, -0.2) is 24.2 Å². The van der Waals surface area contributed by atoms with E-state index in [1.807, 2.05) is 6.07 Å². The number of thioether (sulfide) groups is 1. The molecule has 0 aliphatic heterocycles. The predicted octanol–water partition coefficient (Wildman–Crippen LogP) is 5.98. The topological polar surface area (TPSA) is 87.4 Å². The highest BCUT2D eigenvalue weighted by molar-refractivity contribution is 7.98. The zero-order valence-corrected chi connectivity index (χ0v) is 19.8. The fourth-order valence-electron chi connectivity index (χ4n) is 2.81. The lowest BCUT2D eigenvalue weighted by molar-refractivity contribution is 0.0959. The fourth-order valence-corrected chi connectivity index (χ4v) is 4.79. The summed E-state index contributed by atoms with van der Waals surface area (Å²) in [5, 5.41) is 13.6. The lowest BCUT2D eigenvalue weighted by atomic mass is 10.1. The van der Waals surface area contributed by atoms with Crippen molar-refractivity contribution >= 4 is 46.8 Å². The van der Waals surface area contributed by atoms with Crippen molar-refractivity contribution in [1.29, 1.82) is 5.26 Å². The van der Waals surface area contributed by atoms with E-state index in [4.69, 9.17) is 16.3 Å². The number of hydrogen-bond donors (Lipinski definition) is 1. The third kappa shape index (κ3) is 6.28. The highest BCUT2D eigenvalue weighted by Crippen LogP contribution is 2.32. The Labute approximate surface area is 202 Å². The normalized spacial score (nSPS) is 11.1. The van der Waals surface area contributed by atoms with Gasteiger partial charge in [-0.15, -0.1) is 23.1 Å². The van der Waals surface area contributed by atoms with Crippen molar-refractivity contribution < 1.29 is 18.3 Å². The number of benzene rings is 1. The van der Waals surface area contributed by atoms with Gasteiger partial charge in [0.2, 0.25) is 0 Å². The number of amides is 1. The van der Waals surface area contributed by atoms with Crippen molar-refractivity contribution in [3.63, 3.8) is 0 Å². The lowest BCUT2D eigenvalue weighted by Crippen LogP contribution is -2.16. The third-order valence-electron chi connectivity index (χ3n) is 4.38. The van der Waals surface area contributed by atoms with E-state index in [9.17, 15) is 18.8 Å². The minimum absolute atomic E-state index is 0.232. The van der Waals surface area contributed by atoms with Gasteiger partial charge in [-0.2, -0.15) is 10.4 Å². The first-order valence-corrected chi connectivity index (χ1v) is 11.6. The Balaban J connectivity index is 1.77. The van der Waals surface area contributed by atoms with Crippen LogP contribution >= 0.6 is 34.7 Å². The van der Waals surface area contributed by atoms with E-state index in [1.165, 1.54) is 19.4 Å². The number of aromatic nitrogens is 1. The molecule has 3 aromatic rings. The van der Waals surface area contributed by atoms with Gasteiger partial charge >= 0.3 is 0 Å². The van der Waals surface area contributed by atoms with Crippen molar-refractivity contribution in [3.8, 4) is 11.8 Å². The summed E-state index contributed by atoms with van der Waals surface area (Å²) in [5.74, 6) is 0.521. The van der Waals surface area contributed by atoms with Crippen molar-refractivity contribution in [3.05, 3.63) is 73.6 Å². The molecule has 0 unspecified atom stereocenters. The molecule has 0 atom stereocenters. The predicted molar refractivity (Wildman–Crippen MR) is 126 cm³/mol. The summed E-state index contributed by atoms with van der Waals surface area (Å²) in [7, 11) is 1.52. The quantitative estimate of drug-likeness (QED) is 0.231. The zero-order chi connectivity index (χ0) is 24.0. The van der Waals surface area contributed by atoms with Gasteiger partial charge in [0.15, 0.2) is 0 Å². The number of methoxy groups -OCH3 is 1. The van der Waals surface area contributed by atoms with Crippen LogP contribution < -0.4 is 10.2 Å². The van der Waals surface area contributed by atoms with Crippen LogP contribution in [0.4, 0.5) is 8.78 Å². The molecule has 11 heteroatoms. The number of alkyl halides is 2. The van der Waals surface area contributed by atoms with Crippen LogP contribution in [-0.2, 0) is 5.75 Å². The van der Waals surface area contributed by atoms with Gasteiger partial charge in [0, 0.05) is 11.3 Å². The van der Waals surface area contributed by atoms with Crippen molar-refractivity contribution in [2.45, 2.75) is 24.1 Å². The summed E-state index contributed by atoms with van der Waals surface area (Å²) in [6.07, 6.45) is -1.26. The molecular weight excluding hydrogens is 490 g/mol. The molecule has 0 fully saturated rings. The Kier molecular flexibility index (Phi) is 8.38. The van der Waals surface area contributed by atoms with Gasteiger partial charge < -0.3 is 4.74 Å². The summed E-state index contributed by atoms with van der Waals surface area (Å²) >= 11 is 8.14. The molecule has 3 rings (SSSR count). The molecule has 170 valence electrons. The van der Waals surface area contributed by atoms with E-state index in [1.54, 1.807) is 37.3 Å². The number of ether oxygens (including phenoxy) is 1. The average Bonchev–Trinajstić information content (AvgIpc) is 3.23. The third-order valence-corrected chi connectivity index (χ3v) is 6.64. The van der Waals surface area contributed by atoms with E-state index in [0.29, 0.717) is 31.8 Å². The van der Waals surface area contributed by atoms with Crippen LogP contribution in [0.15, 0.2) is 46.5 Å². The number of rotatable bonds is 8. The maximum absolute atomic E-state index is 13.2. The zero-order valence-electron chi connectivity index (χ0n) is 17.4. The first-order chi connectivity index (χ1) is 15.8. The number of hydrogen-bond acceptors (Lipinski definition) is 7. The number of pyridine rings is 1. The Bertz CT molecular complexity index is 1240. The number of carbonyl (C=O) groups is 1. The van der Waals surface area contributed by atoms with Gasteiger partial charge in [0.25, 0.3) is 12.3 Å². The molecule has 0 bridgehead atoms. The van der Waals surface area contributed by atoms with E-state index in [0.717, 1.165) is 28.7 Å². The lowest BCUT2D eigenvalue weighted by Gasteiger charge is -2.11. The maximum Gasteiger partial charge on any atom is 0.281 e. The second-order valence-corrected chi connectivity index (χ2v) is 9.30. The van der Waals surface area contributed by atoms with Crippen molar-refractivity contribution in [2.75, 3.05) is 7.11 Å². The summed E-state index contributed by atoms with van der Waals surface area (Å²) in [4.78, 5) is 16.5. The van der Waals surface area contributed by atoms with E-state index in [2.05, 4.69) is 15.5 Å². The molecule has 0 spiro atoms. The minimum Gasteiger partial charge on any atom is -0.496 e. The van der Waals surface area contributed by atoms with E-state index < -0.39 is 6.43 Å². The molecule has 1 N–H and O–H groups in total. The Hall–Kier alpha value is -3.00. The molecule has 0 saturated carbocycles. The molecular formula is C22H17ClF2N4O2S2. The molecule has 0 aliphatic carbocycles. The van der Waals surface area contributed by atoms with Crippen molar-refractivity contribution in [2.24, 2.45) is 5.10 Å². The fraction of sp³-hybridized carbons (Fsp3) is 0.182. The summed E-state index contributed by atoms with van der Waals surface area (Å²) in [6, 6.07) is 11.8. The van der Waals surface area contributed by atoms with Crippen LogP contribution in [0.25, 0.3) is 0 Å². The Morgan fingerprint density at radius 2 is 2.18 bits per heavy atom. The molecule has 2 heterocycles. The van der Waals surface area contributed by atoms with Gasteiger partial charge in [-0.1, -0.05) is 11.6 Å². The van der Waals surface area contributed by atoms with Crippen molar-refractivity contribution in [1.82, 2.24) is 10.4 Å². The SMILES string of the molecule is COc1ccc(/C=N\NC(=O)c2ccc(Cl)s2)cc1CSc1nc(C(F)F)cc(C)c1C#N. The number of hydrazone groups is 1. The number of nitriles is 1. The van der Waals surface area contributed by atoms with Gasteiger partial charge in [0.05, 0.1) is 28.1 Å². The molecule has 2 aromatic heterocycles. The number of thiophene rings is 1. The Morgan fingerprint density at radius 1 is 1.39 bits per heavy atom. The first-order valence-electron chi connectivity index (χ1n) is 9.40. The van der Waals surface area contributed by atoms with Gasteiger partial charge in [-0.05, 0) is 54.4 Å². The van der Waals surface area contributed by atoms with E-state index >= 15 is 0 Å². The smallest absolute Gasteiger partial charge is 0.281 e. The van der Waals surface area contributed by atoms with Crippen LogP contribution in [0.3, 0.4) is 0 Å². The summed E-state index contributed by atoms with van der Waals surface area (Å²) < 4.78 is 32.2. The first kappa shape index (κ1) is 24.6. The highest BCUT2D eigenvalue weighted by Gasteiger charge is 2.17. The van der Waals surface area contributed by atoms with E-state index in [-0.39, 0.29) is 22.2 Å². The number of nitrogens with zero attached hydrogens (tertiary/aromatic N) is 3. The average molecular weight is 507 g/mol. The molecule has 6 nitrogen and oxygen atoms in total. The second-order valence-electron chi connectivity index (χ2n) is 6.62. The molecule has 1 aromatic carbocycles. The molecule has 0 radical (unpaired) electrons. The largest absolute Gasteiger partial charge is 0.496 e. The summed E-state index contributed by atoms with van der Waals surface area (Å²) in [5.41, 5.74) is 4.20. The maximum atomic E-state index is 13.2. The standard InChI is InChI=1S/C22H17ClF2N4O2S2/c1-12-7-16(20(24)25)28-22(15(12)9-26)32-11-14-8-13(3-4-17(14)31-2)10-27-29-21(30)18-5-6-19(23)33-18/h3-8,10,20H,11H2,1-2H3,(H,29,30)/b27-10-. The summed E-state index contributed by atoms with van der Waals surface area (Å²) in [6.45, 7) is 1.60. The number of halogens is 3. The van der Waals surface area contributed by atoms with Crippen LogP contribution in [0.1, 0.15) is 44.0 Å². The monoisotopic (exact) mass is 506 g/mol. The minimum atomic E-state index is -2.73. The van der Waals surface area contributed by atoms with Crippen LogP contribution in [0.5, 0.6) is 5.75 Å². The second kappa shape index (κ2) is 11.2. The van der Waals surface area contributed by atoms with Gasteiger partial charge in [0.1, 0.15) is 22.5 Å². The van der Waals surface area contributed by atoms with Crippen LogP contribution in [0, 0.1) is 18.3 Å². The molecule has 0 aliphatic rings. The number of carbonyl (C=O) groups excluding carboxylic acids is 1. The van der Waals surface area contributed by atoms with Gasteiger partial charge in [-0.25, -0.2) is 19.2 Å². The highest BCUT2D eigenvalue weighted by atomic mass is 35.5. The molecule has 0 saturated heterocycles. The van der Waals surface area contributed by atoms with Crippen LogP contribution in [0.2, 0.25) is 4.34 Å². The molecule has 33 heavy (non-hydrogen) atoms. The number of nitrogens with one attached hydrogen (secondary N) is 1.